The van der Waals surface area contributed by atoms with E-state index in [2.05, 4.69) is 0 Å². The Morgan fingerprint density at radius 1 is 0.880 bits per heavy atom. The number of hydrogen-bond donors (Lipinski definition) is 1. The van der Waals surface area contributed by atoms with Gasteiger partial charge in [-0.05, 0) is 40.0 Å². The molecule has 0 amide bonds. The fourth-order valence-corrected chi connectivity index (χ4v) is 2.20. The first-order valence-electron chi connectivity index (χ1n) is 7.61. The van der Waals surface area contributed by atoms with Gasteiger partial charge in [0.2, 0.25) is 0 Å². The minimum Gasteiger partial charge on any atom is -0.481 e. The summed E-state index contributed by atoms with van der Waals surface area (Å²) in [5.74, 6) is -6.14. The number of ether oxygens (including phenoxy) is 1. The van der Waals surface area contributed by atoms with Crippen molar-refractivity contribution < 1.29 is 45.8 Å². The second-order valence-electron chi connectivity index (χ2n) is 6.75. The third-order valence-electron chi connectivity index (χ3n) is 3.23. The maximum absolute atomic E-state index is 12.4. The summed E-state index contributed by atoms with van der Waals surface area (Å²) < 4.78 is 78.9. The van der Waals surface area contributed by atoms with Crippen molar-refractivity contribution in [1.82, 2.24) is 0 Å². The molecule has 0 aromatic rings. The second kappa shape index (κ2) is 8.75. The molecule has 0 aromatic carbocycles. The van der Waals surface area contributed by atoms with Gasteiger partial charge in [0, 0.05) is 12.8 Å². The van der Waals surface area contributed by atoms with Crippen LogP contribution in [0.5, 0.6) is 0 Å². The molecular weight excluding hydrogens is 358 g/mol. The van der Waals surface area contributed by atoms with Gasteiger partial charge in [-0.25, -0.2) is 0 Å². The Labute approximate surface area is 141 Å². The third kappa shape index (κ3) is 11.7. The molecule has 1 N–H and O–H groups in total. The lowest BCUT2D eigenvalue weighted by Crippen LogP contribution is -2.36. The number of aliphatic carboxylic acids is 1. The molecule has 0 fully saturated rings. The lowest BCUT2D eigenvalue weighted by Gasteiger charge is -2.27. The Morgan fingerprint density at radius 2 is 1.36 bits per heavy atom. The number of halogens is 6. The second-order valence-corrected chi connectivity index (χ2v) is 6.75. The van der Waals surface area contributed by atoms with Crippen LogP contribution in [0.25, 0.3) is 0 Å². The molecule has 0 aliphatic heterocycles. The molecule has 2 atom stereocenters. The highest BCUT2D eigenvalue weighted by atomic mass is 19.4. The smallest absolute Gasteiger partial charge is 0.389 e. The van der Waals surface area contributed by atoms with Crippen molar-refractivity contribution in [2.75, 3.05) is 0 Å². The number of carbonyl (C=O) groups excluding carboxylic acids is 1. The van der Waals surface area contributed by atoms with Crippen molar-refractivity contribution in [2.45, 2.75) is 70.8 Å². The zero-order valence-electron chi connectivity index (χ0n) is 14.1. The lowest BCUT2D eigenvalue weighted by molar-refractivity contribution is -0.171. The largest absolute Gasteiger partial charge is 0.481 e. The van der Waals surface area contributed by atoms with E-state index in [9.17, 15) is 35.9 Å². The minimum absolute atomic E-state index is 0.525. The van der Waals surface area contributed by atoms with Crippen LogP contribution in [0.2, 0.25) is 0 Å². The lowest BCUT2D eigenvalue weighted by atomic mass is 9.84. The van der Waals surface area contributed by atoms with Crippen LogP contribution in [0.1, 0.15) is 52.9 Å². The van der Waals surface area contributed by atoms with Crippen LogP contribution in [-0.4, -0.2) is 35.0 Å². The summed E-state index contributed by atoms with van der Waals surface area (Å²) in [6.07, 6.45) is -13.9. The van der Waals surface area contributed by atoms with Crippen molar-refractivity contribution in [3.63, 3.8) is 0 Å². The number of hydrogen-bond acceptors (Lipinski definition) is 3. The zero-order chi connectivity index (χ0) is 20.1. The normalized spacial score (nSPS) is 15.6. The van der Waals surface area contributed by atoms with Crippen molar-refractivity contribution in [1.29, 1.82) is 0 Å². The molecule has 0 aliphatic carbocycles. The van der Waals surface area contributed by atoms with Gasteiger partial charge in [0.1, 0.15) is 5.60 Å². The van der Waals surface area contributed by atoms with E-state index in [1.807, 2.05) is 0 Å². The fourth-order valence-electron chi connectivity index (χ4n) is 2.20. The van der Waals surface area contributed by atoms with Gasteiger partial charge in [0.05, 0.1) is 11.8 Å². The summed E-state index contributed by atoms with van der Waals surface area (Å²) in [5.41, 5.74) is -1.05. The summed E-state index contributed by atoms with van der Waals surface area (Å²) in [6.45, 7) is 4.38. The van der Waals surface area contributed by atoms with E-state index in [0.29, 0.717) is 0 Å². The summed E-state index contributed by atoms with van der Waals surface area (Å²) in [7, 11) is 0. The van der Waals surface area contributed by atoms with E-state index in [1.165, 1.54) is 20.8 Å². The van der Waals surface area contributed by atoms with Gasteiger partial charge >= 0.3 is 24.3 Å². The fraction of sp³-hybridized carbons (Fsp3) is 0.867. The molecule has 0 rings (SSSR count). The van der Waals surface area contributed by atoms with E-state index in [0.717, 1.165) is 0 Å². The van der Waals surface area contributed by atoms with Crippen LogP contribution in [0, 0.1) is 11.8 Å². The quantitative estimate of drug-likeness (QED) is 0.489. The number of carboxylic acid groups (broad SMARTS) is 1. The Bertz CT molecular complexity index is 450. The highest BCUT2D eigenvalue weighted by Crippen LogP contribution is 2.33. The zero-order valence-corrected chi connectivity index (χ0v) is 14.1. The van der Waals surface area contributed by atoms with Crippen molar-refractivity contribution in [3.8, 4) is 0 Å². The maximum atomic E-state index is 12.4. The standard InChI is InChI=1S/C15H22F6O4/c1-13(2,3)25-12(24)10(5-4-7-14(16,17)18)9(11(22)23)6-8-15(19,20)21/h9-10H,4-8H2,1-3H3,(H,22,23)/t9-,10+/m1/s1. The first kappa shape index (κ1) is 23.5. The van der Waals surface area contributed by atoms with Crippen LogP contribution >= 0.6 is 0 Å². The molecule has 0 aliphatic rings. The number of carboxylic acids is 1. The molecular formula is C15H22F6O4. The third-order valence-corrected chi connectivity index (χ3v) is 3.23. The van der Waals surface area contributed by atoms with Gasteiger partial charge < -0.3 is 9.84 Å². The molecule has 25 heavy (non-hydrogen) atoms. The molecule has 0 aromatic heterocycles. The topological polar surface area (TPSA) is 63.6 Å². The highest BCUT2D eigenvalue weighted by molar-refractivity contribution is 5.81. The Kier molecular flexibility index (Phi) is 8.23. The van der Waals surface area contributed by atoms with Crippen LogP contribution in [-0.2, 0) is 14.3 Å². The van der Waals surface area contributed by atoms with Crippen molar-refractivity contribution in [3.05, 3.63) is 0 Å². The maximum Gasteiger partial charge on any atom is 0.389 e. The predicted molar refractivity (Wildman–Crippen MR) is 75.7 cm³/mol. The first-order valence-corrected chi connectivity index (χ1v) is 7.61. The Hall–Kier alpha value is -1.48. The minimum atomic E-state index is -4.64. The monoisotopic (exact) mass is 380 g/mol. The Balaban J connectivity index is 5.26. The molecule has 4 nitrogen and oxygen atoms in total. The van der Waals surface area contributed by atoms with E-state index in [1.54, 1.807) is 0 Å². The average Bonchev–Trinajstić information content (AvgIpc) is 2.31. The van der Waals surface area contributed by atoms with Gasteiger partial charge in [-0.3, -0.25) is 9.59 Å². The molecule has 0 spiro atoms. The summed E-state index contributed by atoms with van der Waals surface area (Å²) in [5, 5.41) is 9.15. The molecule has 148 valence electrons. The predicted octanol–water partition coefficient (Wildman–Crippen LogP) is 4.72. The number of rotatable bonds is 8. The average molecular weight is 380 g/mol. The van der Waals surface area contributed by atoms with E-state index in [-0.39, 0.29) is 0 Å². The van der Waals surface area contributed by atoms with Gasteiger partial charge in [-0.15, -0.1) is 0 Å². The highest BCUT2D eigenvalue weighted by Gasteiger charge is 2.40. The molecule has 0 saturated carbocycles. The van der Waals surface area contributed by atoms with Crippen LogP contribution in [0.3, 0.4) is 0 Å². The van der Waals surface area contributed by atoms with Gasteiger partial charge in [-0.2, -0.15) is 26.3 Å². The van der Waals surface area contributed by atoms with Crippen LogP contribution in [0.15, 0.2) is 0 Å². The first-order chi connectivity index (χ1) is 11.0. The van der Waals surface area contributed by atoms with Gasteiger partial charge in [0.15, 0.2) is 0 Å². The molecule has 10 heteroatoms. The van der Waals surface area contributed by atoms with Gasteiger partial charge in [-0.1, -0.05) is 0 Å². The van der Waals surface area contributed by atoms with E-state index >= 15 is 0 Å². The van der Waals surface area contributed by atoms with Crippen molar-refractivity contribution in [2.24, 2.45) is 11.8 Å². The molecule has 0 saturated heterocycles. The van der Waals surface area contributed by atoms with Gasteiger partial charge in [0.25, 0.3) is 0 Å². The van der Waals surface area contributed by atoms with Crippen molar-refractivity contribution >= 4 is 11.9 Å². The molecule has 0 unspecified atom stereocenters. The molecule has 0 bridgehead atoms. The summed E-state index contributed by atoms with van der Waals surface area (Å²) in [6, 6.07) is 0. The number of alkyl halides is 6. The molecule has 0 heterocycles. The number of esters is 1. The SMILES string of the molecule is CC(C)(C)OC(=O)[C@@H](CCCC(F)(F)F)[C@@H](CCC(F)(F)F)C(=O)O. The van der Waals surface area contributed by atoms with E-state index in [4.69, 9.17) is 9.84 Å². The summed E-state index contributed by atoms with van der Waals surface area (Å²) >= 11 is 0. The van der Waals surface area contributed by atoms with E-state index < -0.39 is 73.8 Å². The van der Waals surface area contributed by atoms with Crippen LogP contribution in [0.4, 0.5) is 26.3 Å². The summed E-state index contributed by atoms with van der Waals surface area (Å²) in [4.78, 5) is 23.4. The number of carbonyl (C=O) groups is 2. The van der Waals surface area contributed by atoms with Crippen LogP contribution < -0.4 is 0 Å². The Morgan fingerprint density at radius 3 is 1.72 bits per heavy atom. The molecule has 0 radical (unpaired) electrons.